The van der Waals surface area contributed by atoms with Crippen LogP contribution in [0, 0.1) is 0 Å². The van der Waals surface area contributed by atoms with E-state index in [0.717, 1.165) is 0 Å². The Morgan fingerprint density at radius 2 is 1.55 bits per heavy atom. The summed E-state index contributed by atoms with van der Waals surface area (Å²) in [6, 6.07) is 13.8. The molecule has 0 bridgehead atoms. The first-order valence-electron chi connectivity index (χ1n) is 8.66. The summed E-state index contributed by atoms with van der Waals surface area (Å²) < 4.78 is 16.0. The number of amides is 2. The first-order chi connectivity index (χ1) is 14.1. The SMILES string of the molecule is COc1cc(Nc2nccc(NC(=O)Nc3ccccc3)n2)cc(OC)c1OC. The molecule has 1 heterocycles. The van der Waals surface area contributed by atoms with Crippen LogP contribution in [0.4, 0.5) is 27.9 Å². The predicted molar refractivity (Wildman–Crippen MR) is 110 cm³/mol. The van der Waals surface area contributed by atoms with E-state index in [1.807, 2.05) is 18.2 Å². The molecule has 3 rings (SSSR count). The molecule has 0 atom stereocenters. The van der Waals surface area contributed by atoms with Crippen molar-refractivity contribution in [3.8, 4) is 17.2 Å². The number of carbonyl (C=O) groups excluding carboxylic acids is 1. The summed E-state index contributed by atoms with van der Waals surface area (Å²) >= 11 is 0. The Bertz CT molecular complexity index is 957. The third kappa shape index (κ3) is 5.04. The van der Waals surface area contributed by atoms with Gasteiger partial charge >= 0.3 is 6.03 Å². The van der Waals surface area contributed by atoms with E-state index in [9.17, 15) is 4.79 Å². The van der Waals surface area contributed by atoms with Gasteiger partial charge in [0.2, 0.25) is 11.7 Å². The van der Waals surface area contributed by atoms with E-state index < -0.39 is 6.03 Å². The van der Waals surface area contributed by atoms with E-state index in [4.69, 9.17) is 14.2 Å². The average Bonchev–Trinajstić information content (AvgIpc) is 2.73. The first-order valence-corrected chi connectivity index (χ1v) is 8.66. The second-order valence-electron chi connectivity index (χ2n) is 5.75. The number of para-hydroxylation sites is 1. The third-order valence-corrected chi connectivity index (χ3v) is 3.85. The van der Waals surface area contributed by atoms with Crippen LogP contribution in [0.3, 0.4) is 0 Å². The molecule has 150 valence electrons. The lowest BCUT2D eigenvalue weighted by molar-refractivity contribution is 0.262. The lowest BCUT2D eigenvalue weighted by Gasteiger charge is -2.14. The van der Waals surface area contributed by atoms with Crippen LogP contribution >= 0.6 is 0 Å². The van der Waals surface area contributed by atoms with E-state index in [1.165, 1.54) is 27.5 Å². The standard InChI is InChI=1S/C20H21N5O4/c1-27-15-11-14(12-16(28-2)18(15)29-3)22-19-21-10-9-17(24-19)25-20(26)23-13-7-5-4-6-8-13/h4-12H,1-3H3,(H3,21,22,23,24,25,26). The molecule has 2 amide bonds. The van der Waals surface area contributed by atoms with E-state index in [2.05, 4.69) is 25.9 Å². The molecule has 0 radical (unpaired) electrons. The summed E-state index contributed by atoms with van der Waals surface area (Å²) in [6.45, 7) is 0. The normalized spacial score (nSPS) is 10.0. The number of hydrogen-bond acceptors (Lipinski definition) is 7. The molecule has 0 saturated heterocycles. The van der Waals surface area contributed by atoms with Gasteiger partial charge in [-0.15, -0.1) is 0 Å². The molecule has 1 aromatic heterocycles. The highest BCUT2D eigenvalue weighted by molar-refractivity contribution is 5.99. The number of nitrogens with one attached hydrogen (secondary N) is 3. The Kier molecular flexibility index (Phi) is 6.31. The van der Waals surface area contributed by atoms with E-state index in [1.54, 1.807) is 30.3 Å². The second-order valence-corrected chi connectivity index (χ2v) is 5.75. The molecule has 0 fully saturated rings. The smallest absolute Gasteiger partial charge is 0.324 e. The number of rotatable bonds is 7. The van der Waals surface area contributed by atoms with Crippen LogP contribution in [-0.4, -0.2) is 37.3 Å². The van der Waals surface area contributed by atoms with Crippen molar-refractivity contribution in [3.05, 3.63) is 54.7 Å². The molecule has 0 aliphatic heterocycles. The average molecular weight is 395 g/mol. The van der Waals surface area contributed by atoms with Crippen molar-refractivity contribution < 1.29 is 19.0 Å². The van der Waals surface area contributed by atoms with Crippen LogP contribution < -0.4 is 30.2 Å². The second kappa shape index (κ2) is 9.27. The molecule has 9 heteroatoms. The molecule has 2 aromatic carbocycles. The number of anilines is 4. The molecular formula is C20H21N5O4. The van der Waals surface area contributed by atoms with Crippen LogP contribution in [-0.2, 0) is 0 Å². The van der Waals surface area contributed by atoms with Gasteiger partial charge in [0, 0.05) is 29.7 Å². The molecule has 0 unspecified atom stereocenters. The predicted octanol–water partition coefficient (Wildman–Crippen LogP) is 3.89. The van der Waals surface area contributed by atoms with Gasteiger partial charge in [0.25, 0.3) is 0 Å². The zero-order valence-electron chi connectivity index (χ0n) is 16.2. The monoisotopic (exact) mass is 395 g/mol. The summed E-state index contributed by atoms with van der Waals surface area (Å²) in [6.07, 6.45) is 1.53. The van der Waals surface area contributed by atoms with Crippen molar-refractivity contribution in [3.63, 3.8) is 0 Å². The fourth-order valence-electron chi connectivity index (χ4n) is 2.57. The molecule has 3 aromatic rings. The fraction of sp³-hybridized carbons (Fsp3) is 0.150. The number of benzene rings is 2. The van der Waals surface area contributed by atoms with Crippen LogP contribution in [0.1, 0.15) is 0 Å². The van der Waals surface area contributed by atoms with Crippen molar-refractivity contribution in [2.45, 2.75) is 0 Å². The molecule has 3 N–H and O–H groups in total. The van der Waals surface area contributed by atoms with E-state index >= 15 is 0 Å². The highest BCUT2D eigenvalue weighted by Crippen LogP contribution is 2.40. The number of aromatic nitrogens is 2. The van der Waals surface area contributed by atoms with Crippen molar-refractivity contribution in [1.29, 1.82) is 0 Å². The van der Waals surface area contributed by atoms with Gasteiger partial charge in [-0.3, -0.25) is 5.32 Å². The van der Waals surface area contributed by atoms with Gasteiger partial charge in [-0.2, -0.15) is 4.98 Å². The van der Waals surface area contributed by atoms with Crippen LogP contribution in [0.25, 0.3) is 0 Å². The quantitative estimate of drug-likeness (QED) is 0.557. The first kappa shape index (κ1) is 19.7. The van der Waals surface area contributed by atoms with E-state index in [0.29, 0.717) is 34.4 Å². The topological polar surface area (TPSA) is 107 Å². The Hall–Kier alpha value is -4.01. The number of urea groups is 1. The van der Waals surface area contributed by atoms with Crippen molar-refractivity contribution in [2.24, 2.45) is 0 Å². The number of carbonyl (C=O) groups is 1. The number of hydrogen-bond donors (Lipinski definition) is 3. The van der Waals surface area contributed by atoms with Gasteiger partial charge in [0.05, 0.1) is 21.3 Å². The van der Waals surface area contributed by atoms with Gasteiger partial charge in [0.15, 0.2) is 11.5 Å². The number of methoxy groups -OCH3 is 3. The lowest BCUT2D eigenvalue weighted by atomic mass is 10.2. The summed E-state index contributed by atoms with van der Waals surface area (Å²) in [5.74, 6) is 2.09. The summed E-state index contributed by atoms with van der Waals surface area (Å²) in [7, 11) is 4.60. The van der Waals surface area contributed by atoms with Crippen molar-refractivity contribution in [2.75, 3.05) is 37.3 Å². The lowest BCUT2D eigenvalue weighted by Crippen LogP contribution is -2.20. The molecular weight excluding hydrogens is 374 g/mol. The highest BCUT2D eigenvalue weighted by atomic mass is 16.5. The maximum Gasteiger partial charge on any atom is 0.324 e. The third-order valence-electron chi connectivity index (χ3n) is 3.85. The highest BCUT2D eigenvalue weighted by Gasteiger charge is 2.14. The minimum atomic E-state index is -0.409. The Labute approximate surface area is 168 Å². The minimum absolute atomic E-state index is 0.289. The largest absolute Gasteiger partial charge is 0.493 e. The van der Waals surface area contributed by atoms with Gasteiger partial charge < -0.3 is 24.8 Å². The summed E-state index contributed by atoms with van der Waals surface area (Å²) in [5.41, 5.74) is 1.31. The van der Waals surface area contributed by atoms with Crippen molar-refractivity contribution in [1.82, 2.24) is 9.97 Å². The van der Waals surface area contributed by atoms with Gasteiger partial charge in [-0.25, -0.2) is 9.78 Å². The van der Waals surface area contributed by atoms with Crippen molar-refractivity contribution >= 4 is 29.2 Å². The molecule has 0 saturated carbocycles. The Balaban J connectivity index is 1.74. The summed E-state index contributed by atoms with van der Waals surface area (Å²) in [5, 5.41) is 8.45. The molecule has 0 aliphatic rings. The zero-order chi connectivity index (χ0) is 20.6. The Morgan fingerprint density at radius 3 is 2.17 bits per heavy atom. The molecule has 0 aliphatic carbocycles. The maximum atomic E-state index is 12.1. The fourth-order valence-corrected chi connectivity index (χ4v) is 2.57. The van der Waals surface area contributed by atoms with Crippen LogP contribution in [0.5, 0.6) is 17.2 Å². The van der Waals surface area contributed by atoms with Gasteiger partial charge in [-0.1, -0.05) is 18.2 Å². The molecule has 29 heavy (non-hydrogen) atoms. The van der Waals surface area contributed by atoms with Crippen LogP contribution in [0.15, 0.2) is 54.7 Å². The van der Waals surface area contributed by atoms with Crippen LogP contribution in [0.2, 0.25) is 0 Å². The molecule has 9 nitrogen and oxygen atoms in total. The maximum absolute atomic E-state index is 12.1. The van der Waals surface area contributed by atoms with Gasteiger partial charge in [-0.05, 0) is 18.2 Å². The molecule has 0 spiro atoms. The number of nitrogens with zero attached hydrogens (tertiary/aromatic N) is 2. The number of ether oxygens (including phenoxy) is 3. The Morgan fingerprint density at radius 1 is 0.862 bits per heavy atom. The van der Waals surface area contributed by atoms with E-state index in [-0.39, 0.29) is 5.95 Å². The minimum Gasteiger partial charge on any atom is -0.493 e. The summed E-state index contributed by atoms with van der Waals surface area (Å²) in [4.78, 5) is 20.6. The zero-order valence-corrected chi connectivity index (χ0v) is 16.2. The van der Waals surface area contributed by atoms with Gasteiger partial charge in [0.1, 0.15) is 5.82 Å².